The average molecular weight is 399 g/mol. The molecule has 0 fully saturated rings. The van der Waals surface area contributed by atoms with Gasteiger partial charge in [-0.15, -0.1) is 0 Å². The Bertz CT molecular complexity index is 1060. The topological polar surface area (TPSA) is 88.0 Å². The summed E-state index contributed by atoms with van der Waals surface area (Å²) in [6.07, 6.45) is 5.11. The van der Waals surface area contributed by atoms with Crippen LogP contribution >= 0.6 is 23.4 Å². The number of imidazole rings is 1. The van der Waals surface area contributed by atoms with Gasteiger partial charge in [-0.05, 0) is 29.8 Å². The minimum Gasteiger partial charge on any atom is -0.346 e. The summed E-state index contributed by atoms with van der Waals surface area (Å²) in [4.78, 5) is 20.9. The Hall–Kier alpha value is -2.84. The molecule has 0 spiro atoms. The lowest BCUT2D eigenvalue weighted by atomic mass is 10.1. The molecule has 7 nitrogen and oxygen atoms in total. The molecule has 9 heteroatoms. The minimum absolute atomic E-state index is 0.139. The molecule has 0 aliphatic heterocycles. The number of carbonyl (C=O) groups is 1. The second-order valence-corrected chi connectivity index (χ2v) is 7.20. The molecule has 0 saturated carbocycles. The van der Waals surface area contributed by atoms with Crippen LogP contribution in [0.15, 0.2) is 60.3 Å². The van der Waals surface area contributed by atoms with E-state index in [9.17, 15) is 4.79 Å². The van der Waals surface area contributed by atoms with Crippen molar-refractivity contribution in [1.29, 1.82) is 0 Å². The van der Waals surface area contributed by atoms with Gasteiger partial charge in [0.25, 0.3) is 5.91 Å². The molecule has 0 atom stereocenters. The molecule has 3 heterocycles. The average Bonchev–Trinajstić information content (AvgIpc) is 3.34. The highest BCUT2D eigenvalue weighted by atomic mass is 35.5. The summed E-state index contributed by atoms with van der Waals surface area (Å²) in [5, 5.41) is 10.9. The van der Waals surface area contributed by atoms with Crippen LogP contribution in [0.25, 0.3) is 5.65 Å². The SMILES string of the molecule is O=C(NCc1cn2cc(Cl)ccc2n1)c1ccc(CSc2ncn[nH]2)cc1. The summed E-state index contributed by atoms with van der Waals surface area (Å²) in [6.45, 7) is 0.348. The Morgan fingerprint density at radius 2 is 2.04 bits per heavy atom. The summed E-state index contributed by atoms with van der Waals surface area (Å²) in [6, 6.07) is 11.1. The molecule has 1 amide bonds. The number of H-pyrrole nitrogens is 1. The summed E-state index contributed by atoms with van der Waals surface area (Å²) in [5.41, 5.74) is 3.27. The number of pyridine rings is 1. The van der Waals surface area contributed by atoms with Gasteiger partial charge < -0.3 is 9.72 Å². The van der Waals surface area contributed by atoms with E-state index in [1.807, 2.05) is 40.9 Å². The number of rotatable bonds is 6. The molecule has 0 radical (unpaired) electrons. The van der Waals surface area contributed by atoms with Gasteiger partial charge >= 0.3 is 0 Å². The van der Waals surface area contributed by atoms with Crippen molar-refractivity contribution >= 4 is 34.9 Å². The van der Waals surface area contributed by atoms with Gasteiger partial charge in [0.1, 0.15) is 12.0 Å². The van der Waals surface area contributed by atoms with Gasteiger partial charge in [-0.3, -0.25) is 9.89 Å². The van der Waals surface area contributed by atoms with Crippen molar-refractivity contribution in [1.82, 2.24) is 29.9 Å². The number of hydrogen-bond acceptors (Lipinski definition) is 5. The number of aromatic amines is 1. The molecule has 0 aliphatic carbocycles. The molecule has 2 N–H and O–H groups in total. The number of thioether (sulfide) groups is 1. The Morgan fingerprint density at radius 3 is 2.81 bits per heavy atom. The maximum absolute atomic E-state index is 12.3. The first-order valence-electron chi connectivity index (χ1n) is 8.16. The van der Waals surface area contributed by atoms with Crippen molar-refractivity contribution < 1.29 is 4.79 Å². The van der Waals surface area contributed by atoms with Crippen LogP contribution in [-0.2, 0) is 12.3 Å². The molecule has 3 aromatic heterocycles. The van der Waals surface area contributed by atoms with E-state index in [1.165, 1.54) is 6.33 Å². The number of hydrogen-bond donors (Lipinski definition) is 2. The molecule has 4 aromatic rings. The predicted molar refractivity (Wildman–Crippen MR) is 104 cm³/mol. The van der Waals surface area contributed by atoms with E-state index in [0.717, 1.165) is 27.8 Å². The van der Waals surface area contributed by atoms with Crippen molar-refractivity contribution in [2.75, 3.05) is 0 Å². The van der Waals surface area contributed by atoms with E-state index >= 15 is 0 Å². The molecule has 4 rings (SSSR count). The minimum atomic E-state index is -0.139. The molecular weight excluding hydrogens is 384 g/mol. The Labute approximate surface area is 164 Å². The Kier molecular flexibility index (Phi) is 5.08. The van der Waals surface area contributed by atoms with Crippen LogP contribution < -0.4 is 5.32 Å². The fourth-order valence-electron chi connectivity index (χ4n) is 2.54. The Morgan fingerprint density at radius 1 is 1.19 bits per heavy atom. The first-order valence-corrected chi connectivity index (χ1v) is 9.52. The smallest absolute Gasteiger partial charge is 0.251 e. The van der Waals surface area contributed by atoms with E-state index < -0.39 is 0 Å². The van der Waals surface area contributed by atoms with Crippen LogP contribution in [0.1, 0.15) is 21.6 Å². The largest absolute Gasteiger partial charge is 0.346 e. The first-order chi connectivity index (χ1) is 13.2. The van der Waals surface area contributed by atoms with Crippen LogP contribution in [0.5, 0.6) is 0 Å². The van der Waals surface area contributed by atoms with E-state index in [4.69, 9.17) is 11.6 Å². The zero-order chi connectivity index (χ0) is 18.6. The summed E-state index contributed by atoms with van der Waals surface area (Å²) >= 11 is 7.53. The van der Waals surface area contributed by atoms with E-state index in [1.54, 1.807) is 24.0 Å². The molecule has 1 aromatic carbocycles. The normalized spacial score (nSPS) is 11.0. The van der Waals surface area contributed by atoms with Crippen LogP contribution in [0.3, 0.4) is 0 Å². The lowest BCUT2D eigenvalue weighted by molar-refractivity contribution is 0.0950. The second kappa shape index (κ2) is 7.81. The summed E-state index contributed by atoms with van der Waals surface area (Å²) in [5.74, 6) is 0.612. The Balaban J connectivity index is 1.34. The summed E-state index contributed by atoms with van der Waals surface area (Å²) in [7, 11) is 0. The van der Waals surface area contributed by atoms with Crippen molar-refractivity contribution in [3.8, 4) is 0 Å². The van der Waals surface area contributed by atoms with Gasteiger partial charge in [-0.2, -0.15) is 5.10 Å². The van der Waals surface area contributed by atoms with Crippen LogP contribution in [0.2, 0.25) is 5.02 Å². The highest BCUT2D eigenvalue weighted by molar-refractivity contribution is 7.98. The fourth-order valence-corrected chi connectivity index (χ4v) is 3.45. The number of nitrogens with one attached hydrogen (secondary N) is 2. The number of halogens is 1. The molecule has 27 heavy (non-hydrogen) atoms. The van der Waals surface area contributed by atoms with Crippen molar-refractivity contribution in [3.63, 3.8) is 0 Å². The van der Waals surface area contributed by atoms with Crippen LogP contribution in [-0.4, -0.2) is 30.5 Å². The standard InChI is InChI=1S/C18H15ClN6OS/c19-14-5-6-16-23-15(9-25(16)8-14)7-20-17(26)13-3-1-12(2-4-13)10-27-18-21-11-22-24-18/h1-6,8-9,11H,7,10H2,(H,20,26)(H,21,22,24). The van der Waals surface area contributed by atoms with Gasteiger partial charge in [0, 0.05) is 23.7 Å². The zero-order valence-corrected chi connectivity index (χ0v) is 15.7. The third-order valence-corrected chi connectivity index (χ3v) is 5.05. The molecular formula is C18H15ClN6OS. The van der Waals surface area contributed by atoms with E-state index in [0.29, 0.717) is 17.1 Å². The molecule has 0 unspecified atom stereocenters. The number of aromatic nitrogens is 5. The van der Waals surface area contributed by atoms with Crippen LogP contribution in [0.4, 0.5) is 0 Å². The van der Waals surface area contributed by atoms with E-state index in [-0.39, 0.29) is 5.91 Å². The number of benzene rings is 1. The monoisotopic (exact) mass is 398 g/mol. The third-order valence-electron chi connectivity index (χ3n) is 3.88. The number of amides is 1. The molecule has 0 bridgehead atoms. The predicted octanol–water partition coefficient (Wildman–Crippen LogP) is 3.33. The van der Waals surface area contributed by atoms with Gasteiger partial charge in [0.05, 0.1) is 17.3 Å². The number of fused-ring (bicyclic) bond motifs is 1. The molecule has 0 saturated heterocycles. The number of carbonyl (C=O) groups excluding carboxylic acids is 1. The summed E-state index contributed by atoms with van der Waals surface area (Å²) < 4.78 is 1.84. The second-order valence-electron chi connectivity index (χ2n) is 5.80. The lowest BCUT2D eigenvalue weighted by Crippen LogP contribution is -2.22. The third kappa shape index (κ3) is 4.29. The maximum Gasteiger partial charge on any atom is 0.251 e. The van der Waals surface area contributed by atoms with Gasteiger partial charge in [0.15, 0.2) is 5.16 Å². The fraction of sp³-hybridized carbons (Fsp3) is 0.111. The number of nitrogens with zero attached hydrogens (tertiary/aromatic N) is 4. The quantitative estimate of drug-likeness (QED) is 0.486. The lowest BCUT2D eigenvalue weighted by Gasteiger charge is -2.05. The van der Waals surface area contributed by atoms with Crippen molar-refractivity contribution in [3.05, 3.63) is 77.0 Å². The molecule has 136 valence electrons. The first kappa shape index (κ1) is 17.6. The van der Waals surface area contributed by atoms with Crippen LogP contribution in [0, 0.1) is 0 Å². The highest BCUT2D eigenvalue weighted by Crippen LogP contribution is 2.18. The van der Waals surface area contributed by atoms with Gasteiger partial charge in [-0.1, -0.05) is 35.5 Å². The van der Waals surface area contributed by atoms with Gasteiger partial charge in [0.2, 0.25) is 0 Å². The molecule has 0 aliphatic rings. The zero-order valence-electron chi connectivity index (χ0n) is 14.1. The maximum atomic E-state index is 12.3. The highest BCUT2D eigenvalue weighted by Gasteiger charge is 2.08. The van der Waals surface area contributed by atoms with Crippen molar-refractivity contribution in [2.45, 2.75) is 17.5 Å². The van der Waals surface area contributed by atoms with E-state index in [2.05, 4.69) is 25.5 Å². The van der Waals surface area contributed by atoms with Crippen molar-refractivity contribution in [2.24, 2.45) is 0 Å². The van der Waals surface area contributed by atoms with Gasteiger partial charge in [-0.25, -0.2) is 9.97 Å².